The van der Waals surface area contributed by atoms with Crippen LogP contribution in [-0.2, 0) is 20.4 Å². The number of halogens is 1. The third-order valence-electron chi connectivity index (χ3n) is 4.40. The van der Waals surface area contributed by atoms with Crippen molar-refractivity contribution >= 4 is 44.0 Å². The molecule has 1 aliphatic rings. The molecule has 0 saturated carbocycles. The highest BCUT2D eigenvalue weighted by molar-refractivity contribution is 8.00. The number of rotatable bonds is 8. The summed E-state index contributed by atoms with van der Waals surface area (Å²) >= 11 is 2.59. The highest BCUT2D eigenvalue weighted by Crippen LogP contribution is 2.33. The van der Waals surface area contributed by atoms with Gasteiger partial charge in [-0.15, -0.1) is 10.2 Å². The minimum absolute atomic E-state index is 0.0740. The molecule has 0 aliphatic carbocycles. The van der Waals surface area contributed by atoms with Gasteiger partial charge in [0.15, 0.2) is 25.7 Å². The average Bonchev–Trinajstić information content (AvgIpc) is 3.24. The summed E-state index contributed by atoms with van der Waals surface area (Å²) in [6, 6.07) is 10.6. The van der Waals surface area contributed by atoms with Crippen molar-refractivity contribution in [2.75, 3.05) is 24.3 Å². The fraction of sp³-hybridized carbons (Fsp3) is 0.250. The van der Waals surface area contributed by atoms with E-state index in [0.717, 1.165) is 5.56 Å². The Morgan fingerprint density at radius 3 is 2.62 bits per heavy atom. The SMILES string of the molecule is O=C(CCS(=O)(=O)c1ccc2c(c1)OCCO2)Nc1nnc(SCc2ccc(F)cc2)s1. The number of nitrogens with one attached hydrogen (secondary N) is 1. The molecule has 1 N–H and O–H groups in total. The first-order valence-corrected chi connectivity index (χ1v) is 13.0. The number of benzene rings is 2. The Bertz CT molecular complexity index is 1220. The van der Waals surface area contributed by atoms with E-state index in [0.29, 0.717) is 34.8 Å². The van der Waals surface area contributed by atoms with Gasteiger partial charge in [-0.3, -0.25) is 4.79 Å². The van der Waals surface area contributed by atoms with Crippen LogP contribution in [0.1, 0.15) is 12.0 Å². The summed E-state index contributed by atoms with van der Waals surface area (Å²) in [5.74, 6) is 0.326. The molecule has 32 heavy (non-hydrogen) atoms. The number of anilines is 1. The van der Waals surface area contributed by atoms with E-state index in [1.165, 1.54) is 47.4 Å². The Morgan fingerprint density at radius 1 is 1.09 bits per heavy atom. The second kappa shape index (κ2) is 9.84. The summed E-state index contributed by atoms with van der Waals surface area (Å²) < 4.78 is 49.6. The molecule has 0 spiro atoms. The topological polar surface area (TPSA) is 107 Å². The molecule has 4 rings (SSSR count). The van der Waals surface area contributed by atoms with E-state index in [4.69, 9.17) is 9.47 Å². The van der Waals surface area contributed by atoms with Crippen molar-refractivity contribution < 1.29 is 27.1 Å². The van der Waals surface area contributed by atoms with Gasteiger partial charge in [-0.1, -0.05) is 35.2 Å². The van der Waals surface area contributed by atoms with Gasteiger partial charge in [0.2, 0.25) is 11.0 Å². The molecule has 8 nitrogen and oxygen atoms in total. The summed E-state index contributed by atoms with van der Waals surface area (Å²) in [6.07, 6.45) is -0.228. The van der Waals surface area contributed by atoms with Gasteiger partial charge in [-0.2, -0.15) is 0 Å². The lowest BCUT2D eigenvalue weighted by Gasteiger charge is -2.18. The van der Waals surface area contributed by atoms with Crippen molar-refractivity contribution in [2.45, 2.75) is 21.4 Å². The predicted octanol–water partition coefficient (Wildman–Crippen LogP) is 3.54. The number of fused-ring (bicyclic) bond motifs is 1. The zero-order valence-corrected chi connectivity index (χ0v) is 19.1. The Labute approximate surface area is 192 Å². The van der Waals surface area contributed by atoms with Gasteiger partial charge in [0, 0.05) is 18.2 Å². The van der Waals surface area contributed by atoms with Crippen LogP contribution in [0.5, 0.6) is 11.5 Å². The van der Waals surface area contributed by atoms with Crippen LogP contribution in [0.25, 0.3) is 0 Å². The van der Waals surface area contributed by atoms with Gasteiger partial charge in [-0.25, -0.2) is 12.8 Å². The lowest BCUT2D eigenvalue weighted by molar-refractivity contribution is -0.115. The summed E-state index contributed by atoms with van der Waals surface area (Å²) in [4.78, 5) is 12.3. The molecule has 2 heterocycles. The maximum Gasteiger partial charge on any atom is 0.227 e. The molecule has 0 saturated heterocycles. The van der Waals surface area contributed by atoms with Crippen LogP contribution in [0.15, 0.2) is 51.7 Å². The van der Waals surface area contributed by atoms with Crippen molar-refractivity contribution in [3.05, 3.63) is 53.8 Å². The van der Waals surface area contributed by atoms with Crippen LogP contribution in [0.3, 0.4) is 0 Å². The quantitative estimate of drug-likeness (QED) is 0.374. The summed E-state index contributed by atoms with van der Waals surface area (Å²) in [6.45, 7) is 0.766. The number of hydrogen-bond acceptors (Lipinski definition) is 9. The van der Waals surface area contributed by atoms with Crippen LogP contribution in [0.2, 0.25) is 0 Å². The molecule has 3 aromatic rings. The zero-order chi connectivity index (χ0) is 22.6. The predicted molar refractivity (Wildman–Crippen MR) is 119 cm³/mol. The fourth-order valence-electron chi connectivity index (χ4n) is 2.79. The third-order valence-corrected chi connectivity index (χ3v) is 8.16. The Balaban J connectivity index is 1.29. The van der Waals surface area contributed by atoms with E-state index in [2.05, 4.69) is 15.5 Å². The Kier molecular flexibility index (Phi) is 6.92. The Morgan fingerprint density at radius 2 is 1.84 bits per heavy atom. The second-order valence-electron chi connectivity index (χ2n) is 6.71. The smallest absolute Gasteiger partial charge is 0.227 e. The molecule has 12 heteroatoms. The van der Waals surface area contributed by atoms with Gasteiger partial charge in [0.05, 0.1) is 10.6 Å². The molecule has 0 bridgehead atoms. The normalized spacial score (nSPS) is 13.0. The minimum atomic E-state index is -3.68. The first-order valence-electron chi connectivity index (χ1n) is 9.52. The minimum Gasteiger partial charge on any atom is -0.486 e. The molecule has 0 atom stereocenters. The highest BCUT2D eigenvalue weighted by Gasteiger charge is 2.21. The molecule has 1 amide bonds. The van der Waals surface area contributed by atoms with E-state index in [-0.39, 0.29) is 28.0 Å². The van der Waals surface area contributed by atoms with Crippen LogP contribution in [0, 0.1) is 5.82 Å². The number of thioether (sulfide) groups is 1. The fourth-order valence-corrected chi connectivity index (χ4v) is 5.76. The largest absolute Gasteiger partial charge is 0.486 e. The summed E-state index contributed by atoms with van der Waals surface area (Å²) in [5, 5.41) is 10.8. The van der Waals surface area contributed by atoms with E-state index < -0.39 is 15.7 Å². The van der Waals surface area contributed by atoms with Gasteiger partial charge in [0.1, 0.15) is 19.0 Å². The highest BCUT2D eigenvalue weighted by atomic mass is 32.2. The number of sulfone groups is 1. The molecule has 0 fully saturated rings. The average molecular weight is 496 g/mol. The third kappa shape index (κ3) is 5.75. The van der Waals surface area contributed by atoms with Gasteiger partial charge >= 0.3 is 0 Å². The van der Waals surface area contributed by atoms with Crippen LogP contribution in [-0.4, -0.2) is 43.5 Å². The van der Waals surface area contributed by atoms with Crippen molar-refractivity contribution in [3.8, 4) is 11.5 Å². The molecule has 1 aromatic heterocycles. The van der Waals surface area contributed by atoms with Crippen LogP contribution >= 0.6 is 23.1 Å². The van der Waals surface area contributed by atoms with E-state index >= 15 is 0 Å². The van der Waals surface area contributed by atoms with Gasteiger partial charge in [0.25, 0.3) is 0 Å². The number of carbonyl (C=O) groups is 1. The standard InChI is InChI=1S/C20H18FN3O5S3/c21-14-3-1-13(2-4-14)12-30-20-24-23-19(31-20)22-18(25)7-10-32(26,27)15-5-6-16-17(11-15)29-9-8-28-16/h1-6,11H,7-10,12H2,(H,22,23,25). The van der Waals surface area contributed by atoms with Crippen molar-refractivity contribution in [1.29, 1.82) is 0 Å². The molecule has 168 valence electrons. The number of carbonyl (C=O) groups excluding carboxylic acids is 1. The molecule has 2 aromatic carbocycles. The van der Waals surface area contributed by atoms with Crippen molar-refractivity contribution in [2.24, 2.45) is 0 Å². The maximum atomic E-state index is 13.0. The van der Waals surface area contributed by atoms with E-state index in [1.807, 2.05) is 0 Å². The number of hydrogen-bond donors (Lipinski definition) is 1. The van der Waals surface area contributed by atoms with E-state index in [9.17, 15) is 17.6 Å². The summed E-state index contributed by atoms with van der Waals surface area (Å²) in [5.41, 5.74) is 0.932. The number of ether oxygens (including phenoxy) is 2. The first-order chi connectivity index (χ1) is 15.4. The number of amides is 1. The first kappa shape index (κ1) is 22.5. The second-order valence-corrected chi connectivity index (χ2v) is 11.0. The molecule has 1 aliphatic heterocycles. The number of nitrogens with zero attached hydrogens (tertiary/aromatic N) is 2. The van der Waals surface area contributed by atoms with E-state index in [1.54, 1.807) is 18.2 Å². The molecule has 0 unspecified atom stereocenters. The maximum absolute atomic E-state index is 13.0. The lowest BCUT2D eigenvalue weighted by Crippen LogP contribution is -2.18. The monoisotopic (exact) mass is 495 g/mol. The molecule has 0 radical (unpaired) electrons. The van der Waals surface area contributed by atoms with Gasteiger partial charge in [-0.05, 0) is 29.8 Å². The lowest BCUT2D eigenvalue weighted by atomic mass is 10.2. The zero-order valence-electron chi connectivity index (χ0n) is 16.6. The molecular formula is C20H18FN3O5S3. The summed E-state index contributed by atoms with van der Waals surface area (Å²) in [7, 11) is -3.68. The van der Waals surface area contributed by atoms with Crippen molar-refractivity contribution in [3.63, 3.8) is 0 Å². The molecular weight excluding hydrogens is 477 g/mol. The van der Waals surface area contributed by atoms with Crippen molar-refractivity contribution in [1.82, 2.24) is 10.2 Å². The van der Waals surface area contributed by atoms with Crippen LogP contribution in [0.4, 0.5) is 9.52 Å². The number of aromatic nitrogens is 2. The Hall–Kier alpha value is -2.70. The van der Waals surface area contributed by atoms with Crippen LogP contribution < -0.4 is 14.8 Å². The van der Waals surface area contributed by atoms with Gasteiger partial charge < -0.3 is 14.8 Å².